The van der Waals surface area contributed by atoms with E-state index in [4.69, 9.17) is 4.74 Å². The number of nitrogens with one attached hydrogen (secondary N) is 1. The lowest BCUT2D eigenvalue weighted by atomic mass is 10.2. The first-order valence-electron chi connectivity index (χ1n) is 7.70. The van der Waals surface area contributed by atoms with Gasteiger partial charge in [0.1, 0.15) is 0 Å². The monoisotopic (exact) mass is 390 g/mol. The van der Waals surface area contributed by atoms with Crippen LogP contribution in [0.5, 0.6) is 0 Å². The molecule has 1 aliphatic carbocycles. The molecule has 142 valence electrons. The number of ether oxygens (including phenoxy) is 1. The minimum atomic E-state index is -4.41. The Labute approximate surface area is 152 Å². The summed E-state index contributed by atoms with van der Waals surface area (Å²) in [6, 6.07) is 4.85. The molecule has 1 aromatic carbocycles. The average Bonchev–Trinajstić information content (AvgIpc) is 3.35. The van der Waals surface area contributed by atoms with E-state index in [9.17, 15) is 27.6 Å². The highest BCUT2D eigenvalue weighted by Gasteiger charge is 2.29. The zero-order valence-electron chi connectivity index (χ0n) is 13.8. The fraction of sp³-hybridized carbons (Fsp3) is 0.438. The third kappa shape index (κ3) is 6.95. The number of nitrogens with zero attached hydrogens (tertiary/aromatic N) is 1. The predicted octanol–water partition coefficient (Wildman–Crippen LogP) is 2.19. The number of hydrogen-bond donors (Lipinski definition) is 1. The molecule has 26 heavy (non-hydrogen) atoms. The maximum absolute atomic E-state index is 12.3. The van der Waals surface area contributed by atoms with Gasteiger partial charge in [-0.05, 0) is 48.9 Å². The number of amides is 2. The molecule has 0 bridgehead atoms. The van der Waals surface area contributed by atoms with Crippen molar-refractivity contribution in [2.45, 2.75) is 29.3 Å². The lowest BCUT2D eigenvalue weighted by Gasteiger charge is -2.16. The smallest absolute Gasteiger partial charge is 0.446 e. The number of esters is 1. The van der Waals surface area contributed by atoms with E-state index < -0.39 is 24.0 Å². The van der Waals surface area contributed by atoms with Crippen LogP contribution in [-0.4, -0.2) is 54.4 Å². The van der Waals surface area contributed by atoms with E-state index in [1.54, 1.807) is 0 Å². The van der Waals surface area contributed by atoms with Crippen LogP contribution >= 0.6 is 11.8 Å². The van der Waals surface area contributed by atoms with Crippen molar-refractivity contribution in [3.8, 4) is 0 Å². The number of carbonyl (C=O) groups is 3. The zero-order chi connectivity index (χ0) is 19.3. The van der Waals surface area contributed by atoms with Crippen molar-refractivity contribution in [3.63, 3.8) is 0 Å². The quantitative estimate of drug-likeness (QED) is 0.571. The van der Waals surface area contributed by atoms with Gasteiger partial charge < -0.3 is 15.0 Å². The Morgan fingerprint density at radius 1 is 1.23 bits per heavy atom. The first-order valence-corrected chi connectivity index (χ1v) is 8.52. The molecule has 0 spiro atoms. The number of hydrogen-bond acceptors (Lipinski definition) is 5. The standard InChI is InChI=1S/C16H17F3N2O4S/c1-21(8-13(22)20-11-4-5-11)14(23)9-25-15(24)10-2-6-12(7-3-10)26-16(17,18)19/h2-3,6-7,11H,4-5,8-9H2,1H3,(H,20,22). The van der Waals surface area contributed by atoms with E-state index in [2.05, 4.69) is 5.32 Å². The first kappa shape index (κ1) is 20.1. The minimum absolute atomic E-state index is 0.0263. The molecule has 0 saturated heterocycles. The Hall–Kier alpha value is -2.23. The summed E-state index contributed by atoms with van der Waals surface area (Å²) in [4.78, 5) is 36.4. The van der Waals surface area contributed by atoms with Crippen LogP contribution in [0.1, 0.15) is 23.2 Å². The Balaban J connectivity index is 1.77. The van der Waals surface area contributed by atoms with E-state index in [-0.39, 0.29) is 40.7 Å². The summed E-state index contributed by atoms with van der Waals surface area (Å²) in [5.41, 5.74) is -4.39. The molecule has 0 heterocycles. The molecule has 1 saturated carbocycles. The van der Waals surface area contributed by atoms with Crippen molar-refractivity contribution in [1.82, 2.24) is 10.2 Å². The molecule has 0 unspecified atom stereocenters. The SMILES string of the molecule is CN(CC(=O)NC1CC1)C(=O)COC(=O)c1ccc(SC(F)(F)F)cc1. The summed E-state index contributed by atoms with van der Waals surface area (Å²) in [5, 5.41) is 2.73. The van der Waals surface area contributed by atoms with Gasteiger partial charge in [0.05, 0.1) is 12.1 Å². The second-order valence-electron chi connectivity index (χ2n) is 5.74. The van der Waals surface area contributed by atoms with Crippen molar-refractivity contribution in [3.05, 3.63) is 29.8 Å². The van der Waals surface area contributed by atoms with Gasteiger partial charge in [0.2, 0.25) is 5.91 Å². The number of rotatable bonds is 7. The second kappa shape index (κ2) is 8.43. The molecular formula is C16H17F3N2O4S. The molecule has 0 aromatic heterocycles. The topological polar surface area (TPSA) is 75.7 Å². The normalized spacial score (nSPS) is 13.8. The molecule has 1 aliphatic rings. The van der Waals surface area contributed by atoms with Gasteiger partial charge in [0, 0.05) is 18.0 Å². The van der Waals surface area contributed by atoms with Crippen LogP contribution in [0.4, 0.5) is 13.2 Å². The van der Waals surface area contributed by atoms with Gasteiger partial charge in [0.25, 0.3) is 5.91 Å². The van der Waals surface area contributed by atoms with E-state index in [1.165, 1.54) is 19.2 Å². The van der Waals surface area contributed by atoms with Crippen LogP contribution < -0.4 is 5.32 Å². The molecule has 1 fully saturated rings. The molecule has 10 heteroatoms. The van der Waals surface area contributed by atoms with Gasteiger partial charge in [-0.25, -0.2) is 4.79 Å². The maximum atomic E-state index is 12.3. The highest BCUT2D eigenvalue weighted by atomic mass is 32.2. The van der Waals surface area contributed by atoms with Crippen LogP contribution in [0.2, 0.25) is 0 Å². The van der Waals surface area contributed by atoms with Gasteiger partial charge in [-0.1, -0.05) is 0 Å². The van der Waals surface area contributed by atoms with Crippen molar-refractivity contribution in [2.24, 2.45) is 0 Å². The fourth-order valence-electron chi connectivity index (χ4n) is 1.92. The summed E-state index contributed by atoms with van der Waals surface area (Å²) >= 11 is -0.293. The second-order valence-corrected chi connectivity index (χ2v) is 6.88. The van der Waals surface area contributed by atoms with Crippen molar-refractivity contribution >= 4 is 29.5 Å². The average molecular weight is 390 g/mol. The minimum Gasteiger partial charge on any atom is -0.452 e. The van der Waals surface area contributed by atoms with Gasteiger partial charge >= 0.3 is 11.5 Å². The van der Waals surface area contributed by atoms with Crippen LogP contribution in [0, 0.1) is 0 Å². The Morgan fingerprint density at radius 3 is 2.38 bits per heavy atom. The summed E-state index contributed by atoms with van der Waals surface area (Å²) in [7, 11) is 1.41. The van der Waals surface area contributed by atoms with E-state index in [0.29, 0.717) is 0 Å². The van der Waals surface area contributed by atoms with Gasteiger partial charge in [0.15, 0.2) is 6.61 Å². The van der Waals surface area contributed by atoms with E-state index in [1.807, 2.05) is 0 Å². The van der Waals surface area contributed by atoms with Crippen LogP contribution in [0.3, 0.4) is 0 Å². The third-order valence-electron chi connectivity index (χ3n) is 3.40. The molecular weight excluding hydrogens is 373 g/mol. The Kier molecular flexibility index (Phi) is 6.52. The lowest BCUT2D eigenvalue weighted by Crippen LogP contribution is -2.40. The fourth-order valence-corrected chi connectivity index (χ4v) is 2.46. The van der Waals surface area contributed by atoms with Gasteiger partial charge in [-0.2, -0.15) is 13.2 Å². The maximum Gasteiger partial charge on any atom is 0.446 e. The van der Waals surface area contributed by atoms with E-state index >= 15 is 0 Å². The van der Waals surface area contributed by atoms with Crippen LogP contribution in [0.15, 0.2) is 29.2 Å². The number of halogens is 3. The van der Waals surface area contributed by atoms with Crippen molar-refractivity contribution < 1.29 is 32.3 Å². The first-order chi connectivity index (χ1) is 12.1. The van der Waals surface area contributed by atoms with Gasteiger partial charge in [-0.15, -0.1) is 0 Å². The Bertz CT molecular complexity index is 675. The molecule has 0 atom stereocenters. The molecule has 2 rings (SSSR count). The summed E-state index contributed by atoms with van der Waals surface area (Å²) < 4.78 is 41.6. The number of benzene rings is 1. The molecule has 6 nitrogen and oxygen atoms in total. The van der Waals surface area contributed by atoms with Crippen LogP contribution in [-0.2, 0) is 14.3 Å². The summed E-state index contributed by atoms with van der Waals surface area (Å²) in [6.45, 7) is -0.707. The third-order valence-corrected chi connectivity index (χ3v) is 4.14. The van der Waals surface area contributed by atoms with Crippen molar-refractivity contribution in [1.29, 1.82) is 0 Å². The lowest BCUT2D eigenvalue weighted by molar-refractivity contribution is -0.137. The largest absolute Gasteiger partial charge is 0.452 e. The summed E-state index contributed by atoms with van der Waals surface area (Å²) in [6.07, 6.45) is 1.86. The predicted molar refractivity (Wildman–Crippen MR) is 87.4 cm³/mol. The number of thioether (sulfide) groups is 1. The van der Waals surface area contributed by atoms with Crippen molar-refractivity contribution in [2.75, 3.05) is 20.2 Å². The molecule has 1 N–H and O–H groups in total. The number of carbonyl (C=O) groups excluding carboxylic acids is 3. The van der Waals surface area contributed by atoms with Gasteiger partial charge in [-0.3, -0.25) is 9.59 Å². The molecule has 0 radical (unpaired) electrons. The highest BCUT2D eigenvalue weighted by molar-refractivity contribution is 8.00. The highest BCUT2D eigenvalue weighted by Crippen LogP contribution is 2.36. The van der Waals surface area contributed by atoms with E-state index in [0.717, 1.165) is 29.9 Å². The summed E-state index contributed by atoms with van der Waals surface area (Å²) in [5.74, 6) is -1.68. The molecule has 0 aliphatic heterocycles. The number of alkyl halides is 3. The molecule has 2 amide bonds. The molecule has 1 aromatic rings. The zero-order valence-corrected chi connectivity index (χ0v) is 14.7. The number of likely N-dealkylation sites (N-methyl/N-ethyl adjacent to an activating group) is 1. The Morgan fingerprint density at radius 2 is 1.85 bits per heavy atom. The van der Waals surface area contributed by atoms with Crippen LogP contribution in [0.25, 0.3) is 0 Å².